The van der Waals surface area contributed by atoms with Crippen LogP contribution in [0.15, 0.2) is 24.3 Å². The average molecular weight is 187 g/mol. The second-order valence-corrected chi connectivity index (χ2v) is 2.94. The lowest BCUT2D eigenvalue weighted by molar-refractivity contribution is -0.121. The van der Waals surface area contributed by atoms with Gasteiger partial charge in [-0.05, 0) is 12.1 Å². The molecule has 1 aliphatic rings. The van der Waals surface area contributed by atoms with Crippen molar-refractivity contribution in [2.45, 2.75) is 0 Å². The number of anilines is 1. The van der Waals surface area contributed by atoms with Gasteiger partial charge in [-0.2, -0.15) is 0 Å². The predicted octanol–water partition coefficient (Wildman–Crippen LogP) is 1.05. The van der Waals surface area contributed by atoms with Gasteiger partial charge in [0.25, 0.3) is 5.91 Å². The van der Waals surface area contributed by atoms with Crippen LogP contribution in [0.4, 0.5) is 5.69 Å². The normalized spacial score (nSPS) is 14.2. The molecule has 70 valence electrons. The summed E-state index contributed by atoms with van der Waals surface area (Å²) in [4.78, 5) is 13.0. The van der Waals surface area contributed by atoms with E-state index in [1.807, 2.05) is 24.3 Å². The minimum atomic E-state index is -0.0957. The van der Waals surface area contributed by atoms with Gasteiger partial charge in [0.05, 0.1) is 12.2 Å². The van der Waals surface area contributed by atoms with Crippen molar-refractivity contribution in [2.24, 2.45) is 0 Å². The van der Waals surface area contributed by atoms with Crippen molar-refractivity contribution >= 4 is 11.6 Å². The standard InChI is InChI=1S/C11H9NO2/c1-2-7-12-9-5-3-4-6-10(9)14-8-11(12)13/h1,3-6H,7-8H2. The van der Waals surface area contributed by atoms with E-state index in [4.69, 9.17) is 11.2 Å². The maximum atomic E-state index is 11.5. The quantitative estimate of drug-likeness (QED) is 0.615. The van der Waals surface area contributed by atoms with E-state index in [-0.39, 0.29) is 12.5 Å². The summed E-state index contributed by atoms with van der Waals surface area (Å²) in [5, 5.41) is 0. The molecule has 0 bridgehead atoms. The van der Waals surface area contributed by atoms with E-state index in [9.17, 15) is 4.79 Å². The van der Waals surface area contributed by atoms with E-state index < -0.39 is 0 Å². The van der Waals surface area contributed by atoms with Gasteiger partial charge in [0, 0.05) is 0 Å². The average Bonchev–Trinajstić information content (AvgIpc) is 2.23. The number of terminal acetylenes is 1. The summed E-state index contributed by atoms with van der Waals surface area (Å²) in [5.41, 5.74) is 0.752. The van der Waals surface area contributed by atoms with Gasteiger partial charge in [-0.1, -0.05) is 18.1 Å². The van der Waals surface area contributed by atoms with Crippen LogP contribution in [-0.4, -0.2) is 19.1 Å². The van der Waals surface area contributed by atoms with Crippen molar-refractivity contribution in [3.05, 3.63) is 24.3 Å². The van der Waals surface area contributed by atoms with Crippen LogP contribution in [0.3, 0.4) is 0 Å². The van der Waals surface area contributed by atoms with Gasteiger partial charge in [-0.25, -0.2) is 0 Å². The first kappa shape index (κ1) is 8.64. The highest BCUT2D eigenvalue weighted by molar-refractivity contribution is 5.98. The number of fused-ring (bicyclic) bond motifs is 1. The molecule has 3 nitrogen and oxygen atoms in total. The predicted molar refractivity (Wildman–Crippen MR) is 53.1 cm³/mol. The molecule has 0 N–H and O–H groups in total. The molecule has 0 aliphatic carbocycles. The summed E-state index contributed by atoms with van der Waals surface area (Å²) in [5.74, 6) is 3.07. The van der Waals surface area contributed by atoms with E-state index in [1.165, 1.54) is 0 Å². The first-order valence-electron chi connectivity index (χ1n) is 4.28. The van der Waals surface area contributed by atoms with E-state index >= 15 is 0 Å². The Bertz CT molecular complexity index is 406. The highest BCUT2D eigenvalue weighted by Crippen LogP contribution is 2.30. The number of hydrogen-bond acceptors (Lipinski definition) is 2. The largest absolute Gasteiger partial charge is 0.482 e. The number of carbonyl (C=O) groups is 1. The van der Waals surface area contributed by atoms with Gasteiger partial charge in [0.2, 0.25) is 0 Å². The maximum absolute atomic E-state index is 11.5. The fraction of sp³-hybridized carbons (Fsp3) is 0.182. The van der Waals surface area contributed by atoms with E-state index in [0.29, 0.717) is 12.3 Å². The van der Waals surface area contributed by atoms with Gasteiger partial charge in [0.1, 0.15) is 5.75 Å². The Balaban J connectivity index is 2.42. The number of benzene rings is 1. The smallest absolute Gasteiger partial charge is 0.265 e. The van der Waals surface area contributed by atoms with Gasteiger partial charge in [0.15, 0.2) is 6.61 Å². The molecule has 1 aromatic carbocycles. The minimum Gasteiger partial charge on any atom is -0.482 e. The molecule has 0 atom stereocenters. The third-order valence-corrected chi connectivity index (χ3v) is 2.06. The Hall–Kier alpha value is -1.95. The van der Waals surface area contributed by atoms with Crippen LogP contribution in [0.5, 0.6) is 5.75 Å². The lowest BCUT2D eigenvalue weighted by Crippen LogP contribution is -2.38. The number of carbonyl (C=O) groups excluding carboxylic acids is 1. The van der Waals surface area contributed by atoms with Crippen molar-refractivity contribution in [1.29, 1.82) is 0 Å². The first-order valence-corrected chi connectivity index (χ1v) is 4.28. The molecule has 0 fully saturated rings. The zero-order valence-corrected chi connectivity index (χ0v) is 7.56. The number of amides is 1. The van der Waals surface area contributed by atoms with E-state index in [1.54, 1.807) is 4.90 Å². The lowest BCUT2D eigenvalue weighted by atomic mass is 10.2. The molecule has 0 unspecified atom stereocenters. The Morgan fingerprint density at radius 2 is 2.29 bits per heavy atom. The van der Waals surface area contributed by atoms with Crippen LogP contribution in [0.25, 0.3) is 0 Å². The Kier molecular flexibility index (Phi) is 2.11. The fourth-order valence-corrected chi connectivity index (χ4v) is 1.42. The molecular formula is C11H9NO2. The van der Waals surface area contributed by atoms with Gasteiger partial charge < -0.3 is 4.74 Å². The van der Waals surface area contributed by atoms with Crippen LogP contribution in [0, 0.1) is 12.3 Å². The number of hydrogen-bond donors (Lipinski definition) is 0. The molecule has 1 aliphatic heterocycles. The lowest BCUT2D eigenvalue weighted by Gasteiger charge is -2.27. The molecular weight excluding hydrogens is 178 g/mol. The topological polar surface area (TPSA) is 29.5 Å². The van der Waals surface area contributed by atoms with Gasteiger partial charge in [-0.3, -0.25) is 9.69 Å². The van der Waals surface area contributed by atoms with Crippen LogP contribution in [0.1, 0.15) is 0 Å². The summed E-state index contributed by atoms with van der Waals surface area (Å²) in [7, 11) is 0. The van der Waals surface area contributed by atoms with Crippen molar-refractivity contribution in [1.82, 2.24) is 0 Å². The van der Waals surface area contributed by atoms with E-state index in [0.717, 1.165) is 5.69 Å². The van der Waals surface area contributed by atoms with Crippen molar-refractivity contribution in [3.8, 4) is 18.1 Å². The third-order valence-electron chi connectivity index (χ3n) is 2.06. The zero-order chi connectivity index (χ0) is 9.97. The zero-order valence-electron chi connectivity index (χ0n) is 7.56. The number of ether oxygens (including phenoxy) is 1. The van der Waals surface area contributed by atoms with Crippen molar-refractivity contribution in [3.63, 3.8) is 0 Å². The van der Waals surface area contributed by atoms with Crippen LogP contribution < -0.4 is 9.64 Å². The molecule has 0 radical (unpaired) electrons. The van der Waals surface area contributed by atoms with Gasteiger partial charge in [-0.15, -0.1) is 6.42 Å². The summed E-state index contributed by atoms with van der Waals surface area (Å²) < 4.78 is 5.25. The molecule has 1 heterocycles. The minimum absolute atomic E-state index is 0.0681. The Morgan fingerprint density at radius 3 is 3.07 bits per heavy atom. The highest BCUT2D eigenvalue weighted by Gasteiger charge is 2.23. The van der Waals surface area contributed by atoms with E-state index in [2.05, 4.69) is 5.92 Å². The molecule has 1 aromatic rings. The third kappa shape index (κ3) is 1.31. The fourth-order valence-electron chi connectivity index (χ4n) is 1.42. The molecule has 3 heteroatoms. The molecule has 14 heavy (non-hydrogen) atoms. The molecule has 0 saturated heterocycles. The molecule has 1 amide bonds. The summed E-state index contributed by atoms with van der Waals surface area (Å²) in [6.07, 6.45) is 5.19. The number of nitrogens with zero attached hydrogens (tertiary/aromatic N) is 1. The summed E-state index contributed by atoms with van der Waals surface area (Å²) in [6, 6.07) is 7.36. The van der Waals surface area contributed by atoms with Crippen LogP contribution in [0.2, 0.25) is 0 Å². The van der Waals surface area contributed by atoms with Crippen LogP contribution >= 0.6 is 0 Å². The second kappa shape index (κ2) is 3.43. The number of rotatable bonds is 1. The van der Waals surface area contributed by atoms with Crippen molar-refractivity contribution < 1.29 is 9.53 Å². The molecule has 0 spiro atoms. The maximum Gasteiger partial charge on any atom is 0.265 e. The number of para-hydroxylation sites is 2. The molecule has 2 rings (SSSR count). The summed E-state index contributed by atoms with van der Waals surface area (Å²) in [6.45, 7) is 0.359. The second-order valence-electron chi connectivity index (χ2n) is 2.94. The van der Waals surface area contributed by atoms with Crippen LogP contribution in [-0.2, 0) is 4.79 Å². The monoisotopic (exact) mass is 187 g/mol. The van der Waals surface area contributed by atoms with Gasteiger partial charge >= 0.3 is 0 Å². The molecule has 0 aromatic heterocycles. The SMILES string of the molecule is C#CCN1C(=O)COc2ccccc21. The first-order chi connectivity index (χ1) is 6.83. The Labute approximate surface area is 82.3 Å². The highest BCUT2D eigenvalue weighted by atomic mass is 16.5. The molecule has 0 saturated carbocycles. The summed E-state index contributed by atoms with van der Waals surface area (Å²) >= 11 is 0. The van der Waals surface area contributed by atoms with Crippen molar-refractivity contribution in [2.75, 3.05) is 18.1 Å². The Morgan fingerprint density at radius 1 is 1.50 bits per heavy atom.